The van der Waals surface area contributed by atoms with Crippen LogP contribution in [0.3, 0.4) is 0 Å². The lowest BCUT2D eigenvalue weighted by Crippen LogP contribution is -2.56. The number of hydrogen-bond acceptors (Lipinski definition) is 3. The van der Waals surface area contributed by atoms with E-state index < -0.39 is 15.9 Å². The van der Waals surface area contributed by atoms with Gasteiger partial charge in [-0.2, -0.15) is 0 Å². The zero-order valence-corrected chi connectivity index (χ0v) is 22.1. The Morgan fingerprint density at radius 2 is 1.69 bits per heavy atom. The van der Waals surface area contributed by atoms with Crippen LogP contribution < -0.4 is 20.7 Å². The van der Waals surface area contributed by atoms with Crippen molar-refractivity contribution in [3.05, 3.63) is 58.6 Å². The maximum absolute atomic E-state index is 12.5. The fraction of sp³-hybridized carbons (Fsp3) is 0.364. The number of carbonyl (C=O) groups excluding carboxylic acids is 1. The molecule has 10 heteroatoms. The molecule has 5 nitrogen and oxygen atoms in total. The van der Waals surface area contributed by atoms with Gasteiger partial charge >= 0.3 is 0 Å². The van der Waals surface area contributed by atoms with E-state index in [1.165, 1.54) is 19.3 Å². The van der Waals surface area contributed by atoms with Crippen molar-refractivity contribution < 1.29 is 9.53 Å². The molecule has 0 aliphatic carbocycles. The van der Waals surface area contributed by atoms with Crippen molar-refractivity contribution in [2.24, 2.45) is 0 Å². The van der Waals surface area contributed by atoms with Crippen LogP contribution in [0.25, 0.3) is 0 Å². The molecule has 0 aliphatic heterocycles. The standard InChI is InChI=1S/C22H25BrCl3N3O2S/c1-2-3-4-5-14-31-18-12-10-17(11-13-18)27-21(32)29-20(22(24,25)26)28-19(30)15-6-8-16(23)9-7-15/h6-13,20H,2-5,14H2,1H3,(H,28,30)(H2,27,29,32). The summed E-state index contributed by atoms with van der Waals surface area (Å²) >= 11 is 26.8. The number of ether oxygens (including phenoxy) is 1. The lowest BCUT2D eigenvalue weighted by molar-refractivity contribution is 0.0934. The highest BCUT2D eigenvalue weighted by Gasteiger charge is 2.34. The first-order valence-electron chi connectivity index (χ1n) is 10.1. The Kier molecular flexibility index (Phi) is 11.4. The summed E-state index contributed by atoms with van der Waals surface area (Å²) in [5.74, 6) is 0.372. The molecule has 0 saturated heterocycles. The quantitative estimate of drug-likeness (QED) is 0.124. The van der Waals surface area contributed by atoms with E-state index in [1.807, 2.05) is 24.3 Å². The van der Waals surface area contributed by atoms with E-state index in [0.717, 1.165) is 22.3 Å². The molecule has 0 bridgehead atoms. The summed E-state index contributed by atoms with van der Waals surface area (Å²) in [6, 6.07) is 14.2. The van der Waals surface area contributed by atoms with Crippen LogP contribution >= 0.6 is 63.0 Å². The molecule has 32 heavy (non-hydrogen) atoms. The maximum atomic E-state index is 12.5. The minimum absolute atomic E-state index is 0.186. The van der Waals surface area contributed by atoms with Gasteiger partial charge in [0, 0.05) is 15.7 Å². The zero-order chi connectivity index (χ0) is 23.6. The zero-order valence-electron chi connectivity index (χ0n) is 17.5. The van der Waals surface area contributed by atoms with Gasteiger partial charge in [-0.1, -0.05) is 76.9 Å². The van der Waals surface area contributed by atoms with Crippen molar-refractivity contribution in [3.63, 3.8) is 0 Å². The number of unbranched alkanes of at least 4 members (excludes halogenated alkanes) is 3. The number of anilines is 1. The summed E-state index contributed by atoms with van der Waals surface area (Å²) in [5, 5.41) is 8.68. The number of thiocarbonyl (C=S) groups is 1. The molecule has 0 aromatic heterocycles. The Hall–Kier alpha value is -1.25. The summed E-state index contributed by atoms with van der Waals surface area (Å²) in [4.78, 5) is 12.5. The van der Waals surface area contributed by atoms with E-state index >= 15 is 0 Å². The van der Waals surface area contributed by atoms with Gasteiger partial charge in [-0.15, -0.1) is 0 Å². The number of amides is 1. The first-order chi connectivity index (χ1) is 15.2. The monoisotopic (exact) mass is 579 g/mol. The SMILES string of the molecule is CCCCCCOc1ccc(NC(=S)NC(NC(=O)c2ccc(Br)cc2)C(Cl)(Cl)Cl)cc1. The second-order valence-electron chi connectivity index (χ2n) is 6.99. The van der Waals surface area contributed by atoms with E-state index in [1.54, 1.807) is 24.3 Å². The average molecular weight is 582 g/mol. The van der Waals surface area contributed by atoms with Crippen molar-refractivity contribution in [3.8, 4) is 5.75 Å². The van der Waals surface area contributed by atoms with E-state index in [0.29, 0.717) is 12.2 Å². The second kappa shape index (κ2) is 13.5. The Bertz CT molecular complexity index is 877. The molecule has 1 atom stereocenters. The van der Waals surface area contributed by atoms with Gasteiger partial charge in [-0.25, -0.2) is 0 Å². The number of hydrogen-bond donors (Lipinski definition) is 3. The predicted molar refractivity (Wildman–Crippen MR) is 141 cm³/mol. The molecule has 0 heterocycles. The third-order valence-corrected chi connectivity index (χ3v) is 5.77. The van der Waals surface area contributed by atoms with Crippen molar-refractivity contribution in [1.29, 1.82) is 0 Å². The highest BCUT2D eigenvalue weighted by Crippen LogP contribution is 2.29. The Balaban J connectivity index is 1.90. The summed E-state index contributed by atoms with van der Waals surface area (Å²) in [6.45, 7) is 2.87. The van der Waals surface area contributed by atoms with Crippen molar-refractivity contribution >= 4 is 79.7 Å². The number of alkyl halides is 3. The summed E-state index contributed by atoms with van der Waals surface area (Å²) < 4.78 is 4.75. The van der Waals surface area contributed by atoms with Crippen LogP contribution in [0.4, 0.5) is 5.69 Å². The molecule has 3 N–H and O–H groups in total. The fourth-order valence-corrected chi connectivity index (χ4v) is 3.49. The van der Waals surface area contributed by atoms with Gasteiger partial charge in [0.1, 0.15) is 11.9 Å². The van der Waals surface area contributed by atoms with Crippen molar-refractivity contribution in [2.75, 3.05) is 11.9 Å². The molecule has 2 aromatic rings. The van der Waals surface area contributed by atoms with Crippen LogP contribution in [0, 0.1) is 0 Å². The molecule has 1 amide bonds. The van der Waals surface area contributed by atoms with Gasteiger partial charge in [0.05, 0.1) is 6.61 Å². The Morgan fingerprint density at radius 3 is 2.28 bits per heavy atom. The van der Waals surface area contributed by atoms with Gasteiger partial charge in [0.2, 0.25) is 3.79 Å². The molecule has 1 unspecified atom stereocenters. The normalized spacial score (nSPS) is 12.0. The maximum Gasteiger partial charge on any atom is 0.252 e. The Labute approximate surface area is 217 Å². The second-order valence-corrected chi connectivity index (χ2v) is 10.7. The first-order valence-corrected chi connectivity index (χ1v) is 12.5. The van der Waals surface area contributed by atoms with Crippen LogP contribution in [-0.2, 0) is 0 Å². The minimum Gasteiger partial charge on any atom is -0.494 e. The minimum atomic E-state index is -1.84. The van der Waals surface area contributed by atoms with E-state index in [-0.39, 0.29) is 5.11 Å². The highest BCUT2D eigenvalue weighted by atomic mass is 79.9. The van der Waals surface area contributed by atoms with Crippen LogP contribution in [0.5, 0.6) is 5.75 Å². The van der Waals surface area contributed by atoms with Crippen molar-refractivity contribution in [2.45, 2.75) is 42.6 Å². The molecular formula is C22H25BrCl3N3O2S. The van der Waals surface area contributed by atoms with Gasteiger partial charge in [-0.05, 0) is 67.2 Å². The number of benzene rings is 2. The van der Waals surface area contributed by atoms with Gasteiger partial charge in [0.15, 0.2) is 5.11 Å². The predicted octanol–water partition coefficient (Wildman–Crippen LogP) is 6.82. The van der Waals surface area contributed by atoms with E-state index in [4.69, 9.17) is 51.8 Å². The number of carbonyl (C=O) groups is 1. The number of halogens is 4. The van der Waals surface area contributed by atoms with Crippen LogP contribution in [0.15, 0.2) is 53.0 Å². The van der Waals surface area contributed by atoms with Crippen LogP contribution in [0.1, 0.15) is 43.0 Å². The average Bonchev–Trinajstić information content (AvgIpc) is 2.74. The summed E-state index contributed by atoms with van der Waals surface area (Å²) in [6.07, 6.45) is 3.55. The molecule has 0 spiro atoms. The number of rotatable bonds is 10. The topological polar surface area (TPSA) is 62.4 Å². The van der Waals surface area contributed by atoms with Crippen LogP contribution in [0.2, 0.25) is 0 Å². The third-order valence-electron chi connectivity index (χ3n) is 4.36. The molecule has 174 valence electrons. The molecule has 2 rings (SSSR count). The third kappa shape index (κ3) is 9.71. The van der Waals surface area contributed by atoms with Gasteiger partial charge in [-0.3, -0.25) is 4.79 Å². The summed E-state index contributed by atoms with van der Waals surface area (Å²) in [7, 11) is 0. The molecule has 0 fully saturated rings. The van der Waals surface area contributed by atoms with E-state index in [2.05, 4.69) is 38.8 Å². The van der Waals surface area contributed by atoms with Gasteiger partial charge < -0.3 is 20.7 Å². The van der Waals surface area contributed by atoms with Crippen LogP contribution in [-0.4, -0.2) is 27.6 Å². The van der Waals surface area contributed by atoms with E-state index in [9.17, 15) is 4.79 Å². The smallest absolute Gasteiger partial charge is 0.252 e. The Morgan fingerprint density at radius 1 is 1.03 bits per heavy atom. The molecule has 2 aromatic carbocycles. The molecular weight excluding hydrogens is 557 g/mol. The molecule has 0 saturated carbocycles. The fourth-order valence-electron chi connectivity index (χ4n) is 2.67. The molecule has 0 radical (unpaired) electrons. The lowest BCUT2D eigenvalue weighted by Gasteiger charge is -2.27. The number of nitrogens with one attached hydrogen (secondary N) is 3. The largest absolute Gasteiger partial charge is 0.494 e. The van der Waals surface area contributed by atoms with Crippen molar-refractivity contribution in [1.82, 2.24) is 10.6 Å². The lowest BCUT2D eigenvalue weighted by atomic mass is 10.2. The molecule has 0 aliphatic rings. The highest BCUT2D eigenvalue weighted by molar-refractivity contribution is 9.10. The summed E-state index contributed by atoms with van der Waals surface area (Å²) in [5.41, 5.74) is 1.14. The first kappa shape index (κ1) is 27.0. The van der Waals surface area contributed by atoms with Gasteiger partial charge in [0.25, 0.3) is 5.91 Å².